The van der Waals surface area contributed by atoms with Gasteiger partial charge in [0.1, 0.15) is 0 Å². The van der Waals surface area contributed by atoms with Crippen LogP contribution in [0.25, 0.3) is 0 Å². The molecule has 0 spiro atoms. The monoisotopic (exact) mass is 355 g/mol. The molecule has 1 aliphatic heterocycles. The van der Waals surface area contributed by atoms with Crippen molar-refractivity contribution < 1.29 is 19.1 Å². The summed E-state index contributed by atoms with van der Waals surface area (Å²) in [5, 5.41) is 3.02. The van der Waals surface area contributed by atoms with Gasteiger partial charge in [-0.3, -0.25) is 9.78 Å². The second kappa shape index (κ2) is 7.04. The fraction of sp³-hybridized carbons (Fsp3) is 0.562. The van der Waals surface area contributed by atoms with Gasteiger partial charge in [-0.05, 0) is 37.8 Å². The van der Waals surface area contributed by atoms with Crippen molar-refractivity contribution in [1.82, 2.24) is 10.3 Å². The molecule has 0 bridgehead atoms. The van der Waals surface area contributed by atoms with Gasteiger partial charge >= 0.3 is 5.97 Å². The molecule has 0 unspecified atom stereocenters. The first-order chi connectivity index (χ1) is 11.0. The number of methoxy groups -OCH3 is 1. The maximum Gasteiger partial charge on any atom is 0.339 e. The molecule has 2 heterocycles. The highest BCUT2D eigenvalue weighted by Crippen LogP contribution is 2.46. The van der Waals surface area contributed by atoms with Crippen molar-refractivity contribution in [3.05, 3.63) is 29.6 Å². The van der Waals surface area contributed by atoms with E-state index in [4.69, 9.17) is 15.2 Å². The zero-order chi connectivity index (χ0) is 16.5. The van der Waals surface area contributed by atoms with Crippen molar-refractivity contribution in [1.29, 1.82) is 0 Å². The van der Waals surface area contributed by atoms with Crippen LogP contribution in [-0.4, -0.2) is 42.7 Å². The molecule has 24 heavy (non-hydrogen) atoms. The largest absolute Gasteiger partial charge is 0.465 e. The highest BCUT2D eigenvalue weighted by molar-refractivity contribution is 5.92. The highest BCUT2D eigenvalue weighted by Gasteiger charge is 2.51. The Morgan fingerprint density at radius 3 is 2.54 bits per heavy atom. The number of amides is 1. The van der Waals surface area contributed by atoms with Gasteiger partial charge in [-0.2, -0.15) is 0 Å². The number of pyridine rings is 1. The van der Waals surface area contributed by atoms with Gasteiger partial charge in [-0.1, -0.05) is 0 Å². The number of carbonyl (C=O) groups is 2. The zero-order valence-electron chi connectivity index (χ0n) is 13.5. The molecule has 0 radical (unpaired) electrons. The average molecular weight is 356 g/mol. The number of halogens is 1. The van der Waals surface area contributed by atoms with E-state index in [1.165, 1.54) is 7.11 Å². The van der Waals surface area contributed by atoms with Crippen molar-refractivity contribution in [2.24, 2.45) is 5.73 Å². The molecule has 2 aliphatic rings. The van der Waals surface area contributed by atoms with Crippen molar-refractivity contribution in [3.8, 4) is 0 Å². The van der Waals surface area contributed by atoms with Gasteiger partial charge in [0.15, 0.2) is 0 Å². The molecule has 0 atom stereocenters. The lowest BCUT2D eigenvalue weighted by Gasteiger charge is -2.33. The molecule has 1 aromatic rings. The topological polar surface area (TPSA) is 104 Å². The van der Waals surface area contributed by atoms with Crippen LogP contribution in [0.15, 0.2) is 18.3 Å². The number of hydrogen-bond acceptors (Lipinski definition) is 6. The number of nitrogens with two attached hydrogens (primary N) is 1. The summed E-state index contributed by atoms with van der Waals surface area (Å²) in [6.07, 6.45) is 4.04. The standard InChI is InChI=1S/C16H21N3O4.ClH/c1-22-13(20)11-3-2-8-18-12(11)16(4-5-16)19-14(21)15(17)6-9-23-10-7-15;/h2-3,8H,4-7,9-10,17H2,1H3,(H,19,21);1H. The van der Waals surface area contributed by atoms with E-state index < -0.39 is 17.0 Å². The average Bonchev–Trinajstić information content (AvgIpc) is 3.35. The highest BCUT2D eigenvalue weighted by atomic mass is 35.5. The van der Waals surface area contributed by atoms with Crippen LogP contribution >= 0.6 is 12.4 Å². The van der Waals surface area contributed by atoms with Crippen molar-refractivity contribution in [3.63, 3.8) is 0 Å². The smallest absolute Gasteiger partial charge is 0.339 e. The second-order valence-corrected chi connectivity index (χ2v) is 6.20. The Balaban J connectivity index is 0.00000208. The Bertz CT molecular complexity index is 628. The normalized spacial score (nSPS) is 20.4. The summed E-state index contributed by atoms with van der Waals surface area (Å²) in [6.45, 7) is 0.960. The molecule has 1 amide bonds. The SMILES string of the molecule is COC(=O)c1cccnc1C1(NC(=O)C2(N)CCOCC2)CC1.Cl. The summed E-state index contributed by atoms with van der Waals surface area (Å²) in [5.74, 6) is -0.665. The lowest BCUT2D eigenvalue weighted by molar-refractivity contribution is -0.130. The lowest BCUT2D eigenvalue weighted by Crippen LogP contribution is -2.59. The first kappa shape index (κ1) is 18.6. The van der Waals surface area contributed by atoms with E-state index in [1.54, 1.807) is 18.3 Å². The van der Waals surface area contributed by atoms with E-state index in [0.29, 0.717) is 37.3 Å². The molecule has 1 saturated heterocycles. The third-order valence-electron chi connectivity index (χ3n) is 4.61. The molecule has 3 rings (SSSR count). The third kappa shape index (κ3) is 3.38. The van der Waals surface area contributed by atoms with Crippen LogP contribution in [0, 0.1) is 0 Å². The van der Waals surface area contributed by atoms with E-state index in [0.717, 1.165) is 12.8 Å². The first-order valence-corrected chi connectivity index (χ1v) is 7.74. The Hall–Kier alpha value is -1.70. The molecule has 1 aliphatic carbocycles. The number of esters is 1. The fourth-order valence-corrected chi connectivity index (χ4v) is 2.91. The van der Waals surface area contributed by atoms with Crippen LogP contribution < -0.4 is 11.1 Å². The van der Waals surface area contributed by atoms with Gasteiger partial charge in [0.05, 0.1) is 29.4 Å². The third-order valence-corrected chi connectivity index (χ3v) is 4.61. The number of rotatable bonds is 4. The first-order valence-electron chi connectivity index (χ1n) is 7.74. The predicted octanol–water partition coefficient (Wildman–Crippen LogP) is 0.903. The summed E-state index contributed by atoms with van der Waals surface area (Å²) >= 11 is 0. The number of nitrogens with one attached hydrogen (secondary N) is 1. The lowest BCUT2D eigenvalue weighted by atomic mass is 9.89. The van der Waals surface area contributed by atoms with E-state index in [2.05, 4.69) is 10.3 Å². The minimum atomic E-state index is -0.923. The van der Waals surface area contributed by atoms with Crippen LogP contribution in [0.1, 0.15) is 41.7 Å². The molecular formula is C16H22ClN3O4. The second-order valence-electron chi connectivity index (χ2n) is 6.20. The number of hydrogen-bond donors (Lipinski definition) is 2. The van der Waals surface area contributed by atoms with Gasteiger partial charge in [0, 0.05) is 19.4 Å². The summed E-state index contributed by atoms with van der Waals surface area (Å²) in [7, 11) is 1.33. The Labute approximate surface area is 146 Å². The molecule has 3 N–H and O–H groups in total. The van der Waals surface area contributed by atoms with Gasteiger partial charge in [0.25, 0.3) is 0 Å². The van der Waals surface area contributed by atoms with Crippen LogP contribution in [0.5, 0.6) is 0 Å². The van der Waals surface area contributed by atoms with E-state index in [1.807, 2.05) is 0 Å². The maximum absolute atomic E-state index is 12.7. The number of aromatic nitrogens is 1. The molecule has 1 aromatic heterocycles. The van der Waals surface area contributed by atoms with Gasteiger partial charge < -0.3 is 20.5 Å². The van der Waals surface area contributed by atoms with Gasteiger partial charge in [-0.15, -0.1) is 12.4 Å². The summed E-state index contributed by atoms with van der Waals surface area (Å²) in [5.41, 5.74) is 5.63. The summed E-state index contributed by atoms with van der Waals surface area (Å²) in [6, 6.07) is 3.34. The van der Waals surface area contributed by atoms with Gasteiger partial charge in [-0.25, -0.2) is 4.79 Å². The molecule has 8 heteroatoms. The molecule has 2 fully saturated rings. The summed E-state index contributed by atoms with van der Waals surface area (Å²) in [4.78, 5) is 28.9. The van der Waals surface area contributed by atoms with E-state index in [9.17, 15) is 9.59 Å². The van der Waals surface area contributed by atoms with E-state index in [-0.39, 0.29) is 18.3 Å². The van der Waals surface area contributed by atoms with E-state index >= 15 is 0 Å². The van der Waals surface area contributed by atoms with Crippen molar-refractivity contribution >= 4 is 24.3 Å². The molecule has 1 saturated carbocycles. The van der Waals surface area contributed by atoms with Crippen LogP contribution in [0.4, 0.5) is 0 Å². The fourth-order valence-electron chi connectivity index (χ4n) is 2.91. The quantitative estimate of drug-likeness (QED) is 0.778. The molecule has 0 aromatic carbocycles. The maximum atomic E-state index is 12.7. The van der Waals surface area contributed by atoms with Crippen LogP contribution in [-0.2, 0) is 19.8 Å². The Kier molecular flexibility index (Phi) is 5.47. The number of carbonyl (C=O) groups excluding carboxylic acids is 2. The Morgan fingerprint density at radius 2 is 1.96 bits per heavy atom. The zero-order valence-corrected chi connectivity index (χ0v) is 14.4. The molecule has 132 valence electrons. The predicted molar refractivity (Wildman–Crippen MR) is 88.9 cm³/mol. The number of nitrogens with zero attached hydrogens (tertiary/aromatic N) is 1. The van der Waals surface area contributed by atoms with Gasteiger partial charge in [0.2, 0.25) is 5.91 Å². The minimum Gasteiger partial charge on any atom is -0.465 e. The van der Waals surface area contributed by atoms with Crippen LogP contribution in [0.3, 0.4) is 0 Å². The number of ether oxygens (including phenoxy) is 2. The van der Waals surface area contributed by atoms with Crippen LogP contribution in [0.2, 0.25) is 0 Å². The molecular weight excluding hydrogens is 334 g/mol. The minimum absolute atomic E-state index is 0. The van der Waals surface area contributed by atoms with Crippen molar-refractivity contribution in [2.75, 3.05) is 20.3 Å². The molecule has 7 nitrogen and oxygen atoms in total. The summed E-state index contributed by atoms with van der Waals surface area (Å²) < 4.78 is 10.1. The van der Waals surface area contributed by atoms with Crippen molar-refractivity contribution in [2.45, 2.75) is 36.8 Å². The Morgan fingerprint density at radius 1 is 1.29 bits per heavy atom.